The van der Waals surface area contributed by atoms with E-state index in [0.717, 1.165) is 19.3 Å². The molecule has 0 spiro atoms. The molecule has 3 N–H and O–H groups in total. The van der Waals surface area contributed by atoms with Crippen LogP contribution in [0.5, 0.6) is 0 Å². The smallest absolute Gasteiger partial charge is 0.307 e. The van der Waals surface area contributed by atoms with Crippen molar-refractivity contribution in [3.05, 3.63) is 24.3 Å². The maximum absolute atomic E-state index is 12.3. The molecule has 0 aromatic heterocycles. The summed E-state index contributed by atoms with van der Waals surface area (Å²) in [6, 6.07) is 6.94. The Hall–Kier alpha value is -2.37. The van der Waals surface area contributed by atoms with E-state index < -0.39 is 23.2 Å². The van der Waals surface area contributed by atoms with Crippen molar-refractivity contribution in [1.29, 1.82) is 0 Å². The van der Waals surface area contributed by atoms with Crippen LogP contribution in [0.15, 0.2) is 24.3 Å². The Morgan fingerprint density at radius 1 is 1.04 bits per heavy atom. The van der Waals surface area contributed by atoms with E-state index in [1.165, 1.54) is 0 Å². The zero-order chi connectivity index (χ0) is 17.5. The van der Waals surface area contributed by atoms with E-state index in [1.807, 2.05) is 0 Å². The van der Waals surface area contributed by atoms with Crippen LogP contribution in [0.3, 0.4) is 0 Å². The molecular weight excluding hydrogens is 308 g/mol. The van der Waals surface area contributed by atoms with Gasteiger partial charge in [-0.25, -0.2) is 0 Å². The quantitative estimate of drug-likeness (QED) is 0.773. The van der Waals surface area contributed by atoms with Crippen molar-refractivity contribution < 1.29 is 19.5 Å². The van der Waals surface area contributed by atoms with Gasteiger partial charge in [0.1, 0.15) is 0 Å². The van der Waals surface area contributed by atoms with E-state index in [-0.39, 0.29) is 17.7 Å². The van der Waals surface area contributed by atoms with Gasteiger partial charge in [-0.1, -0.05) is 26.3 Å². The second-order valence-corrected chi connectivity index (χ2v) is 7.30. The topological polar surface area (TPSA) is 95.5 Å². The van der Waals surface area contributed by atoms with Crippen molar-refractivity contribution >= 4 is 29.2 Å². The Kier molecular flexibility index (Phi) is 4.07. The molecular formula is C18H22N2O4. The Labute approximate surface area is 140 Å². The van der Waals surface area contributed by atoms with E-state index >= 15 is 0 Å². The van der Waals surface area contributed by atoms with E-state index in [9.17, 15) is 19.5 Å². The Balaban J connectivity index is 1.63. The fraction of sp³-hybridized carbons (Fsp3) is 0.500. The van der Waals surface area contributed by atoms with E-state index in [4.69, 9.17) is 0 Å². The molecule has 2 saturated carbocycles. The summed E-state index contributed by atoms with van der Waals surface area (Å²) in [6.45, 7) is 3.57. The zero-order valence-electron chi connectivity index (χ0n) is 13.8. The highest BCUT2D eigenvalue weighted by molar-refractivity contribution is 6.00. The lowest BCUT2D eigenvalue weighted by Gasteiger charge is -2.24. The number of benzene rings is 1. The first-order chi connectivity index (χ1) is 11.3. The third-order valence-corrected chi connectivity index (χ3v) is 5.25. The van der Waals surface area contributed by atoms with Crippen molar-refractivity contribution in [2.24, 2.45) is 23.2 Å². The Morgan fingerprint density at radius 2 is 1.62 bits per heavy atom. The molecule has 1 aromatic rings. The van der Waals surface area contributed by atoms with Crippen LogP contribution in [-0.4, -0.2) is 22.9 Å². The largest absolute Gasteiger partial charge is 0.481 e. The third-order valence-electron chi connectivity index (χ3n) is 5.25. The summed E-state index contributed by atoms with van der Waals surface area (Å²) in [6.07, 6.45) is 2.95. The molecule has 0 aliphatic heterocycles. The maximum atomic E-state index is 12.3. The van der Waals surface area contributed by atoms with Crippen molar-refractivity contribution in [2.45, 2.75) is 33.1 Å². The minimum atomic E-state index is -0.943. The van der Waals surface area contributed by atoms with E-state index in [1.54, 1.807) is 38.1 Å². The van der Waals surface area contributed by atoms with Gasteiger partial charge < -0.3 is 15.7 Å². The highest BCUT2D eigenvalue weighted by atomic mass is 16.4. The molecule has 0 heterocycles. The van der Waals surface area contributed by atoms with E-state index in [0.29, 0.717) is 11.4 Å². The van der Waals surface area contributed by atoms with Gasteiger partial charge in [-0.3, -0.25) is 14.4 Å². The first-order valence-electron chi connectivity index (χ1n) is 8.25. The number of nitrogens with one attached hydrogen (secondary N) is 2. The Morgan fingerprint density at radius 3 is 2.08 bits per heavy atom. The number of amides is 2. The number of carbonyl (C=O) groups is 3. The average Bonchev–Trinajstić information content (AvgIpc) is 3.00. The lowest BCUT2D eigenvalue weighted by atomic mass is 9.85. The molecule has 0 radical (unpaired) electrons. The molecule has 128 valence electrons. The number of carbonyl (C=O) groups excluding carboxylic acids is 2. The summed E-state index contributed by atoms with van der Waals surface area (Å²) >= 11 is 0. The van der Waals surface area contributed by atoms with Crippen LogP contribution in [0.4, 0.5) is 11.4 Å². The number of hydrogen-bond donors (Lipinski definition) is 3. The standard InChI is InChI=1S/C18H22N2O4/c1-18(2)13(14(18)17(23)24)16(22)20-12-8-4-7-11(9-12)19-15(21)10-5-3-6-10/h4,7-10,13-14H,3,5-6H2,1-2H3,(H,19,21)(H,20,22)(H,23,24)/t13-,14+/m0/s1. The van der Waals surface area contributed by atoms with Crippen LogP contribution in [0.25, 0.3) is 0 Å². The first-order valence-corrected chi connectivity index (χ1v) is 8.25. The molecule has 2 aliphatic rings. The van der Waals surface area contributed by atoms with Gasteiger partial charge in [-0.2, -0.15) is 0 Å². The number of anilines is 2. The predicted octanol–water partition coefficient (Wildman–Crippen LogP) is 2.72. The highest BCUT2D eigenvalue weighted by Gasteiger charge is 2.65. The van der Waals surface area contributed by atoms with Crippen LogP contribution in [0.1, 0.15) is 33.1 Å². The van der Waals surface area contributed by atoms with Gasteiger partial charge in [0, 0.05) is 17.3 Å². The number of carboxylic acid groups (broad SMARTS) is 1. The van der Waals surface area contributed by atoms with Gasteiger partial charge in [0.2, 0.25) is 11.8 Å². The molecule has 2 atom stereocenters. The summed E-state index contributed by atoms with van der Waals surface area (Å²) in [5.41, 5.74) is 0.652. The molecule has 2 amide bonds. The molecule has 0 bridgehead atoms. The summed E-state index contributed by atoms with van der Waals surface area (Å²) in [4.78, 5) is 35.5. The summed E-state index contributed by atoms with van der Waals surface area (Å²) in [7, 11) is 0. The van der Waals surface area contributed by atoms with Crippen LogP contribution in [0.2, 0.25) is 0 Å². The lowest BCUT2D eigenvalue weighted by molar-refractivity contribution is -0.140. The summed E-state index contributed by atoms with van der Waals surface area (Å²) < 4.78 is 0. The highest BCUT2D eigenvalue weighted by Crippen LogP contribution is 2.58. The second-order valence-electron chi connectivity index (χ2n) is 7.30. The van der Waals surface area contributed by atoms with Crippen LogP contribution >= 0.6 is 0 Å². The molecule has 2 aliphatic carbocycles. The Bertz CT molecular complexity index is 694. The fourth-order valence-electron chi connectivity index (χ4n) is 3.40. The van der Waals surface area contributed by atoms with Gasteiger partial charge in [0.15, 0.2) is 0 Å². The van der Waals surface area contributed by atoms with Crippen molar-refractivity contribution in [1.82, 2.24) is 0 Å². The van der Waals surface area contributed by atoms with Crippen LogP contribution in [-0.2, 0) is 14.4 Å². The number of aliphatic carboxylic acids is 1. The fourth-order valence-corrected chi connectivity index (χ4v) is 3.40. The van der Waals surface area contributed by atoms with Gasteiger partial charge >= 0.3 is 5.97 Å². The average molecular weight is 330 g/mol. The molecule has 1 aromatic carbocycles. The SMILES string of the molecule is CC1(C)[C@H](C(=O)Nc2cccc(NC(=O)C3CCC3)c2)[C@@H]1C(=O)O. The van der Waals surface area contributed by atoms with Crippen molar-refractivity contribution in [3.8, 4) is 0 Å². The summed E-state index contributed by atoms with van der Waals surface area (Å²) in [5.74, 6) is -2.33. The van der Waals surface area contributed by atoms with Crippen LogP contribution in [0, 0.1) is 23.2 Å². The third kappa shape index (κ3) is 3.00. The zero-order valence-corrected chi connectivity index (χ0v) is 13.8. The van der Waals surface area contributed by atoms with E-state index in [2.05, 4.69) is 10.6 Å². The molecule has 6 nitrogen and oxygen atoms in total. The lowest BCUT2D eigenvalue weighted by Crippen LogP contribution is -2.28. The monoisotopic (exact) mass is 330 g/mol. The number of carboxylic acids is 1. The first kappa shape index (κ1) is 16.5. The van der Waals surface area contributed by atoms with Crippen molar-refractivity contribution in [3.63, 3.8) is 0 Å². The molecule has 2 fully saturated rings. The van der Waals surface area contributed by atoms with Crippen molar-refractivity contribution in [2.75, 3.05) is 10.6 Å². The van der Waals surface area contributed by atoms with Gasteiger partial charge in [0.25, 0.3) is 0 Å². The molecule has 3 rings (SSSR count). The molecule has 0 unspecified atom stereocenters. The number of rotatable bonds is 5. The molecule has 24 heavy (non-hydrogen) atoms. The van der Waals surface area contributed by atoms with Gasteiger partial charge in [0.05, 0.1) is 11.8 Å². The predicted molar refractivity (Wildman–Crippen MR) is 89.4 cm³/mol. The number of hydrogen-bond acceptors (Lipinski definition) is 3. The maximum Gasteiger partial charge on any atom is 0.307 e. The van der Waals surface area contributed by atoms with Gasteiger partial charge in [-0.15, -0.1) is 0 Å². The molecule has 6 heteroatoms. The normalized spacial score (nSPS) is 24.6. The van der Waals surface area contributed by atoms with Gasteiger partial charge in [-0.05, 0) is 36.5 Å². The van der Waals surface area contributed by atoms with Crippen LogP contribution < -0.4 is 10.6 Å². The molecule has 0 saturated heterocycles. The minimum Gasteiger partial charge on any atom is -0.481 e. The minimum absolute atomic E-state index is 0.0130. The second kappa shape index (κ2) is 5.92. The summed E-state index contributed by atoms with van der Waals surface area (Å²) in [5, 5.41) is 14.8.